The number of ketones is 2. The van der Waals surface area contributed by atoms with Crippen molar-refractivity contribution >= 4 is 33.3 Å². The number of phosphoric ester groups is 2. The topological polar surface area (TPSA) is 241 Å². The van der Waals surface area contributed by atoms with E-state index in [4.69, 9.17) is 37.5 Å². The Labute approximate surface area is 396 Å². The van der Waals surface area contributed by atoms with Crippen LogP contribution in [0.4, 0.5) is 4.79 Å². The van der Waals surface area contributed by atoms with Crippen molar-refractivity contribution in [2.75, 3.05) is 66.0 Å². The Balaban J connectivity index is 0.712. The van der Waals surface area contributed by atoms with E-state index in [9.17, 15) is 38.4 Å². The van der Waals surface area contributed by atoms with E-state index in [0.717, 1.165) is 27.8 Å². The van der Waals surface area contributed by atoms with Gasteiger partial charge in [-0.1, -0.05) is 87.4 Å². The monoisotopic (exact) mass is 987 g/mol. The standard InChI is InChI=1S/C48H63NO17P2/c1-4-9-43-64-42-27-39-37-15-14-31-26-32(50)16-17-46(31,2)44(37)40(51)28-47(39,3)48(42,65-43)41(52)30-63-68(56,57)66-67(54,55)62-25-24-60-23-22-59-21-20-58-19-18-49-45(53)61-29-38-35-12-7-5-10-33(35)34-11-6-8-13-36(34)38/h5-8,10-13,16-17,26,37-40,42-44,51H,4,9,14-15,18-25,27-30H2,1-3H3,(H,49,53)(H,54,55)(H,56,57)/t37-,39-,40-,42+,43?,44+,46-,47-,48+/m0/s1. The number of amides is 1. The van der Waals surface area contributed by atoms with Gasteiger partial charge in [-0.3, -0.25) is 18.6 Å². The molecule has 68 heavy (non-hydrogen) atoms. The van der Waals surface area contributed by atoms with Crippen molar-refractivity contribution in [3.05, 3.63) is 83.5 Å². The summed E-state index contributed by atoms with van der Waals surface area (Å²) in [7, 11) is -10.5. The first-order valence-electron chi connectivity index (χ1n) is 23.5. The van der Waals surface area contributed by atoms with Crippen LogP contribution in [0, 0.1) is 28.6 Å². The van der Waals surface area contributed by atoms with Gasteiger partial charge in [0.25, 0.3) is 0 Å². The first-order valence-corrected chi connectivity index (χ1v) is 26.5. The molecule has 4 fully saturated rings. The lowest BCUT2D eigenvalue weighted by Crippen LogP contribution is -2.63. The Morgan fingerprint density at radius 2 is 1.51 bits per heavy atom. The Bertz CT molecular complexity index is 2300. The zero-order valence-corrected chi connectivity index (χ0v) is 40.4. The lowest BCUT2D eigenvalue weighted by Gasteiger charge is -2.59. The predicted molar refractivity (Wildman–Crippen MR) is 244 cm³/mol. The van der Waals surface area contributed by atoms with E-state index >= 15 is 0 Å². The Morgan fingerprint density at radius 3 is 2.19 bits per heavy atom. The number of alkyl carbamates (subject to hydrolysis) is 1. The average molecular weight is 988 g/mol. The van der Waals surface area contributed by atoms with Crippen LogP contribution in [0.25, 0.3) is 11.1 Å². The van der Waals surface area contributed by atoms with Crippen molar-refractivity contribution in [3.63, 3.8) is 0 Å². The number of hydrogen-bond donors (Lipinski definition) is 4. The maximum atomic E-state index is 14.4. The molecule has 20 heteroatoms. The summed E-state index contributed by atoms with van der Waals surface area (Å²) in [4.78, 5) is 59.8. The van der Waals surface area contributed by atoms with Crippen molar-refractivity contribution < 1.29 is 80.2 Å². The number of Topliss-reactive ketones (excluding diaryl/α,β-unsaturated/α-hetero) is 1. The number of carbonyl (C=O) groups excluding carboxylic acids is 3. The van der Waals surface area contributed by atoms with Crippen molar-refractivity contribution in [2.45, 2.75) is 89.3 Å². The fourth-order valence-corrected chi connectivity index (χ4v) is 14.1. The van der Waals surface area contributed by atoms with Gasteiger partial charge in [0.05, 0.1) is 58.5 Å². The number of allylic oxidation sites excluding steroid dienone is 4. The van der Waals surface area contributed by atoms with E-state index in [1.807, 2.05) is 51.1 Å². The molecule has 0 radical (unpaired) electrons. The van der Waals surface area contributed by atoms with Gasteiger partial charge in [-0.25, -0.2) is 13.9 Å². The second-order valence-electron chi connectivity index (χ2n) is 18.8. The molecule has 1 saturated heterocycles. The predicted octanol–water partition coefficient (Wildman–Crippen LogP) is 6.56. The van der Waals surface area contributed by atoms with E-state index < -0.39 is 75.7 Å². The number of nitrogens with one attached hydrogen (secondary N) is 1. The van der Waals surface area contributed by atoms with Gasteiger partial charge in [-0.15, -0.1) is 0 Å². The number of ether oxygens (including phenoxy) is 6. The van der Waals surface area contributed by atoms with Crippen molar-refractivity contribution in [3.8, 4) is 11.1 Å². The molecule has 3 unspecified atom stereocenters. The highest BCUT2D eigenvalue weighted by Gasteiger charge is 2.76. The molecule has 18 nitrogen and oxygen atoms in total. The summed E-state index contributed by atoms with van der Waals surface area (Å²) in [5.41, 5.74) is 2.38. The third kappa shape index (κ3) is 10.3. The molecule has 1 heterocycles. The molecule has 2 aromatic carbocycles. The molecule has 0 bridgehead atoms. The highest BCUT2D eigenvalue weighted by molar-refractivity contribution is 7.61. The van der Waals surface area contributed by atoms with Gasteiger partial charge in [0.1, 0.15) is 13.2 Å². The summed E-state index contributed by atoms with van der Waals surface area (Å²) in [5.74, 6) is -1.24. The van der Waals surface area contributed by atoms with E-state index in [2.05, 4.69) is 33.9 Å². The third-order valence-electron chi connectivity index (χ3n) is 14.9. The van der Waals surface area contributed by atoms with Crippen molar-refractivity contribution in [1.82, 2.24) is 5.32 Å². The molecule has 5 aliphatic carbocycles. The molecule has 11 atom stereocenters. The summed E-state index contributed by atoms with van der Waals surface area (Å²) >= 11 is 0. The molecule has 0 spiro atoms. The van der Waals surface area contributed by atoms with Gasteiger partial charge in [-0.05, 0) is 78.3 Å². The van der Waals surface area contributed by atoms with Crippen LogP contribution in [0.1, 0.15) is 76.3 Å². The zero-order valence-electron chi connectivity index (χ0n) is 38.7. The van der Waals surface area contributed by atoms with E-state index in [1.165, 1.54) is 0 Å². The average Bonchev–Trinajstić information content (AvgIpc) is 3.91. The van der Waals surface area contributed by atoms with Crippen LogP contribution in [0.2, 0.25) is 0 Å². The van der Waals surface area contributed by atoms with Crippen LogP contribution in [0.3, 0.4) is 0 Å². The highest BCUT2D eigenvalue weighted by Crippen LogP contribution is 2.70. The third-order valence-corrected chi connectivity index (χ3v) is 17.5. The number of fused-ring (bicyclic) bond motifs is 10. The van der Waals surface area contributed by atoms with Gasteiger partial charge in [0.15, 0.2) is 23.5 Å². The van der Waals surface area contributed by atoms with Gasteiger partial charge in [-0.2, -0.15) is 4.31 Å². The second-order valence-corrected chi connectivity index (χ2v) is 21.8. The first-order chi connectivity index (χ1) is 32.5. The summed E-state index contributed by atoms with van der Waals surface area (Å²) < 4.78 is 74.8. The Morgan fingerprint density at radius 1 is 0.882 bits per heavy atom. The normalized spacial score (nSPS) is 31.9. The molecule has 3 saturated carbocycles. The van der Waals surface area contributed by atoms with Crippen molar-refractivity contribution in [1.29, 1.82) is 0 Å². The first kappa shape index (κ1) is 50.9. The van der Waals surface area contributed by atoms with Crippen molar-refractivity contribution in [2.24, 2.45) is 28.6 Å². The maximum Gasteiger partial charge on any atom is 0.481 e. The number of benzene rings is 2. The number of carbonyl (C=O) groups is 3. The van der Waals surface area contributed by atoms with E-state index in [0.29, 0.717) is 32.1 Å². The number of rotatable bonds is 23. The Hall–Kier alpha value is -3.45. The molecule has 8 rings (SSSR count). The molecule has 2 aromatic rings. The quantitative estimate of drug-likeness (QED) is 0.0680. The van der Waals surface area contributed by atoms with Crippen LogP contribution in [0.5, 0.6) is 0 Å². The van der Waals surface area contributed by atoms with E-state index in [1.54, 1.807) is 12.2 Å². The highest BCUT2D eigenvalue weighted by atomic mass is 31.3. The number of phosphoric acid groups is 2. The Kier molecular flexibility index (Phi) is 15.8. The number of hydrogen-bond acceptors (Lipinski definition) is 15. The smallest absolute Gasteiger partial charge is 0.449 e. The SMILES string of the molecule is CCCC1O[C@@H]2C[C@H]3[C@@H]4CCC5=CC(=O)C=C[C@]5(C)[C@H]4[C@@H](O)C[C@]3(C)[C@]2(C(=O)COP(=O)(O)OP(=O)(O)OCCOCCOCCOCCNC(=O)OCC2c3ccccc3-c3ccccc32)O1. The lowest BCUT2D eigenvalue weighted by atomic mass is 9.46. The number of aliphatic hydroxyl groups excluding tert-OH is 1. The second kappa shape index (κ2) is 21.1. The molecule has 4 N–H and O–H groups in total. The largest absolute Gasteiger partial charge is 0.481 e. The summed E-state index contributed by atoms with van der Waals surface area (Å²) in [5, 5.41) is 14.6. The fourth-order valence-electron chi connectivity index (χ4n) is 12.1. The lowest BCUT2D eigenvalue weighted by molar-refractivity contribution is -0.200. The summed E-state index contributed by atoms with van der Waals surface area (Å²) in [6.45, 7) is 5.64. The molecule has 0 aromatic heterocycles. The van der Waals surface area contributed by atoms with Crippen LogP contribution >= 0.6 is 15.6 Å². The van der Waals surface area contributed by atoms with Gasteiger partial charge < -0.3 is 48.6 Å². The number of aliphatic hydroxyl groups is 1. The van der Waals surface area contributed by atoms with Crippen LogP contribution in [-0.4, -0.2) is 123 Å². The molecule has 6 aliphatic rings. The minimum atomic E-state index is -5.36. The minimum Gasteiger partial charge on any atom is -0.449 e. The zero-order chi connectivity index (χ0) is 48.3. The van der Waals surface area contributed by atoms with Crippen LogP contribution in [0.15, 0.2) is 72.3 Å². The molecular weight excluding hydrogens is 924 g/mol. The maximum absolute atomic E-state index is 14.4. The molecule has 1 amide bonds. The van der Waals surface area contributed by atoms with Gasteiger partial charge >= 0.3 is 21.7 Å². The van der Waals surface area contributed by atoms with Crippen LogP contribution < -0.4 is 5.32 Å². The summed E-state index contributed by atoms with van der Waals surface area (Å²) in [6.07, 6.45) is 5.36. The van der Waals surface area contributed by atoms with E-state index in [-0.39, 0.29) is 88.7 Å². The fraction of sp³-hybridized carbons (Fsp3) is 0.604. The summed E-state index contributed by atoms with van der Waals surface area (Å²) in [6, 6.07) is 16.2. The van der Waals surface area contributed by atoms with Crippen LogP contribution in [-0.2, 0) is 60.5 Å². The van der Waals surface area contributed by atoms with Gasteiger partial charge in [0.2, 0.25) is 0 Å². The minimum absolute atomic E-state index is 0.0327. The van der Waals surface area contributed by atoms with Gasteiger partial charge in [0, 0.05) is 29.2 Å². The molecule has 372 valence electrons. The molecular formula is C48H63NO17P2. The molecule has 1 aliphatic heterocycles.